The smallest absolute Gasteiger partial charge is 0.229 e. The van der Waals surface area contributed by atoms with E-state index in [1.807, 2.05) is 0 Å². The first kappa shape index (κ1) is 11.9. The number of aromatic nitrogens is 2. The van der Waals surface area contributed by atoms with Crippen molar-refractivity contribution in [1.82, 2.24) is 15.3 Å². The summed E-state index contributed by atoms with van der Waals surface area (Å²) >= 11 is 0. The second-order valence-electron chi connectivity index (χ2n) is 4.39. The van der Waals surface area contributed by atoms with Crippen LogP contribution in [0.3, 0.4) is 0 Å². The number of hydrogen-bond donors (Lipinski definition) is 3. The van der Waals surface area contributed by atoms with Crippen molar-refractivity contribution in [2.45, 2.75) is 13.0 Å². The molecule has 4 N–H and O–H groups in total. The summed E-state index contributed by atoms with van der Waals surface area (Å²) in [6.45, 7) is 1.54. The second kappa shape index (κ2) is 4.81. The molecule has 19 heavy (non-hydrogen) atoms. The maximum absolute atomic E-state index is 13.6. The van der Waals surface area contributed by atoms with E-state index in [9.17, 15) is 4.39 Å². The van der Waals surface area contributed by atoms with E-state index in [1.54, 1.807) is 18.2 Å². The normalized spacial score (nSPS) is 13.9. The monoisotopic (exact) mass is 259 g/mol. The van der Waals surface area contributed by atoms with Gasteiger partial charge >= 0.3 is 0 Å². The molecule has 0 spiro atoms. The van der Waals surface area contributed by atoms with Gasteiger partial charge < -0.3 is 16.4 Å². The summed E-state index contributed by atoms with van der Waals surface area (Å²) in [5.41, 5.74) is 8.12. The van der Waals surface area contributed by atoms with Crippen molar-refractivity contribution in [2.75, 3.05) is 17.6 Å². The summed E-state index contributed by atoms with van der Waals surface area (Å²) in [4.78, 5) is 8.56. The van der Waals surface area contributed by atoms with E-state index in [2.05, 4.69) is 20.6 Å². The summed E-state index contributed by atoms with van der Waals surface area (Å²) in [5, 5.41) is 6.08. The van der Waals surface area contributed by atoms with E-state index in [-0.39, 0.29) is 5.82 Å². The van der Waals surface area contributed by atoms with Gasteiger partial charge in [-0.3, -0.25) is 0 Å². The summed E-state index contributed by atoms with van der Waals surface area (Å²) in [7, 11) is 0. The number of halogens is 1. The number of para-hydroxylation sites is 1. The van der Waals surface area contributed by atoms with Gasteiger partial charge in [-0.25, -0.2) is 9.37 Å². The molecule has 0 bridgehead atoms. The molecule has 5 nitrogen and oxygen atoms in total. The van der Waals surface area contributed by atoms with Crippen LogP contribution in [0.4, 0.5) is 21.8 Å². The van der Waals surface area contributed by atoms with Gasteiger partial charge in [0.15, 0.2) is 0 Å². The van der Waals surface area contributed by atoms with Crippen LogP contribution in [0, 0.1) is 5.82 Å². The minimum Gasteiger partial charge on any atom is -0.383 e. The van der Waals surface area contributed by atoms with Crippen molar-refractivity contribution < 1.29 is 4.39 Å². The third-order valence-corrected chi connectivity index (χ3v) is 3.09. The average Bonchev–Trinajstić information content (AvgIpc) is 2.42. The van der Waals surface area contributed by atoms with Gasteiger partial charge in [0.2, 0.25) is 5.95 Å². The van der Waals surface area contributed by atoms with Crippen LogP contribution >= 0.6 is 0 Å². The maximum atomic E-state index is 13.6. The third-order valence-electron chi connectivity index (χ3n) is 3.09. The second-order valence-corrected chi connectivity index (χ2v) is 4.39. The zero-order valence-corrected chi connectivity index (χ0v) is 10.3. The largest absolute Gasteiger partial charge is 0.383 e. The molecule has 0 fully saturated rings. The lowest BCUT2D eigenvalue weighted by Gasteiger charge is -2.18. The molecule has 1 aliphatic heterocycles. The Labute approximate surface area is 110 Å². The molecular formula is C13H14FN5. The molecule has 1 aliphatic rings. The summed E-state index contributed by atoms with van der Waals surface area (Å²) in [5.74, 6) is 0.441. The molecule has 0 atom stereocenters. The van der Waals surface area contributed by atoms with Gasteiger partial charge in [0.25, 0.3) is 0 Å². The Hall–Kier alpha value is -2.21. The van der Waals surface area contributed by atoms with Crippen LogP contribution in [0.5, 0.6) is 0 Å². The van der Waals surface area contributed by atoms with Gasteiger partial charge in [0.1, 0.15) is 11.6 Å². The molecule has 0 unspecified atom stereocenters. The number of nitrogen functional groups attached to an aromatic ring is 1. The summed E-state index contributed by atoms with van der Waals surface area (Å²) in [6.07, 6.45) is 0.821. The van der Waals surface area contributed by atoms with Crippen molar-refractivity contribution in [3.63, 3.8) is 0 Å². The molecule has 0 saturated carbocycles. The maximum Gasteiger partial charge on any atom is 0.229 e. The fourth-order valence-electron chi connectivity index (χ4n) is 2.13. The number of anilines is 3. The van der Waals surface area contributed by atoms with Gasteiger partial charge in [-0.2, -0.15) is 4.98 Å². The number of nitrogens with zero attached hydrogens (tertiary/aromatic N) is 2. The molecule has 6 heteroatoms. The molecule has 2 aromatic rings. The zero-order valence-electron chi connectivity index (χ0n) is 10.3. The highest BCUT2D eigenvalue weighted by Gasteiger charge is 2.16. The zero-order chi connectivity index (χ0) is 13.2. The molecule has 3 rings (SSSR count). The van der Waals surface area contributed by atoms with E-state index in [0.29, 0.717) is 24.0 Å². The topological polar surface area (TPSA) is 75.9 Å². The number of benzene rings is 1. The van der Waals surface area contributed by atoms with Gasteiger partial charge in [0.05, 0.1) is 11.4 Å². The van der Waals surface area contributed by atoms with Crippen LogP contribution in [-0.2, 0) is 13.0 Å². The van der Waals surface area contributed by atoms with E-state index in [0.717, 1.165) is 24.2 Å². The lowest BCUT2D eigenvalue weighted by Crippen LogP contribution is -2.26. The Morgan fingerprint density at radius 2 is 2.11 bits per heavy atom. The molecule has 0 aliphatic carbocycles. The number of hydrogen-bond acceptors (Lipinski definition) is 5. The van der Waals surface area contributed by atoms with Crippen molar-refractivity contribution in [1.29, 1.82) is 0 Å². The predicted molar refractivity (Wildman–Crippen MR) is 71.5 cm³/mol. The highest BCUT2D eigenvalue weighted by Crippen LogP contribution is 2.22. The molecule has 0 amide bonds. The molecule has 1 aromatic carbocycles. The molecule has 98 valence electrons. The number of rotatable bonds is 2. The van der Waals surface area contributed by atoms with Gasteiger partial charge in [-0.05, 0) is 25.1 Å². The highest BCUT2D eigenvalue weighted by molar-refractivity contribution is 5.57. The van der Waals surface area contributed by atoms with Crippen LogP contribution in [0.2, 0.25) is 0 Å². The number of nitrogens with two attached hydrogens (primary N) is 1. The Morgan fingerprint density at radius 1 is 1.26 bits per heavy atom. The minimum atomic E-state index is -0.347. The third kappa shape index (κ3) is 2.34. The van der Waals surface area contributed by atoms with Crippen molar-refractivity contribution in [3.8, 4) is 0 Å². The summed E-state index contributed by atoms with van der Waals surface area (Å²) in [6, 6.07) is 6.39. The van der Waals surface area contributed by atoms with Crippen molar-refractivity contribution >= 4 is 17.5 Å². The molecule has 1 aromatic heterocycles. The lowest BCUT2D eigenvalue weighted by molar-refractivity contribution is 0.624. The first-order valence-electron chi connectivity index (χ1n) is 6.11. The average molecular weight is 259 g/mol. The minimum absolute atomic E-state index is 0.324. The van der Waals surface area contributed by atoms with E-state index in [1.165, 1.54) is 6.07 Å². The van der Waals surface area contributed by atoms with E-state index < -0.39 is 0 Å². The van der Waals surface area contributed by atoms with Gasteiger partial charge in [-0.1, -0.05) is 12.1 Å². The SMILES string of the molecule is Nc1nc(Nc2ccccc2F)nc2c1CCNC2. The Kier molecular flexibility index (Phi) is 3.00. The Balaban J connectivity index is 1.94. The number of fused-ring (bicyclic) bond motifs is 1. The van der Waals surface area contributed by atoms with Crippen LogP contribution < -0.4 is 16.4 Å². The van der Waals surface area contributed by atoms with Crippen LogP contribution in [0.1, 0.15) is 11.3 Å². The fraction of sp³-hybridized carbons (Fsp3) is 0.231. The Morgan fingerprint density at radius 3 is 2.95 bits per heavy atom. The summed E-state index contributed by atoms with van der Waals surface area (Å²) < 4.78 is 13.6. The van der Waals surface area contributed by atoms with Crippen molar-refractivity contribution in [2.24, 2.45) is 0 Å². The van der Waals surface area contributed by atoms with Crippen LogP contribution in [0.15, 0.2) is 24.3 Å². The molecule has 0 radical (unpaired) electrons. The lowest BCUT2D eigenvalue weighted by atomic mass is 10.1. The first-order chi connectivity index (χ1) is 9.24. The van der Waals surface area contributed by atoms with E-state index >= 15 is 0 Å². The quantitative estimate of drug-likeness (QED) is 0.763. The van der Waals surface area contributed by atoms with Crippen LogP contribution in [-0.4, -0.2) is 16.5 Å². The predicted octanol–water partition coefficient (Wildman–Crippen LogP) is 1.59. The molecular weight excluding hydrogens is 245 g/mol. The van der Waals surface area contributed by atoms with Gasteiger partial charge in [-0.15, -0.1) is 0 Å². The fourth-order valence-corrected chi connectivity index (χ4v) is 2.13. The van der Waals surface area contributed by atoms with Gasteiger partial charge in [0, 0.05) is 12.1 Å². The van der Waals surface area contributed by atoms with Crippen molar-refractivity contribution in [3.05, 3.63) is 41.3 Å². The van der Waals surface area contributed by atoms with Crippen LogP contribution in [0.25, 0.3) is 0 Å². The Bertz CT molecular complexity index is 614. The number of nitrogens with one attached hydrogen (secondary N) is 2. The highest BCUT2D eigenvalue weighted by atomic mass is 19.1. The standard InChI is InChI=1S/C13H14FN5/c14-9-3-1-2-4-10(9)17-13-18-11-7-16-6-5-8(11)12(15)19-13/h1-4,16H,5-7H2,(H3,15,17,18,19). The first-order valence-corrected chi connectivity index (χ1v) is 6.11. The molecule has 0 saturated heterocycles. The molecule has 2 heterocycles. The van der Waals surface area contributed by atoms with E-state index in [4.69, 9.17) is 5.73 Å².